The highest BCUT2D eigenvalue weighted by Gasteiger charge is 2.32. The smallest absolute Gasteiger partial charge is 0.165 e. The van der Waals surface area contributed by atoms with Gasteiger partial charge < -0.3 is 4.57 Å². The highest BCUT2D eigenvalue weighted by Crippen LogP contribution is 2.56. The predicted octanol–water partition coefficient (Wildman–Crippen LogP) is 32.8. The van der Waals surface area contributed by atoms with Crippen molar-refractivity contribution in [2.75, 3.05) is 0 Å². The topological polar surface area (TPSA) is 92.1 Å². The summed E-state index contributed by atoms with van der Waals surface area (Å²) in [6.45, 7) is 0. The fourth-order valence-electron chi connectivity index (χ4n) is 22.1. The Morgan fingerprint density at radius 2 is 0.541 bits per heavy atom. The Morgan fingerprint density at radius 1 is 0.188 bits per heavy atom. The summed E-state index contributed by atoms with van der Waals surface area (Å²) in [6, 6.07) is 150. The Kier molecular flexibility index (Phi) is 15.9. The minimum absolute atomic E-state index is 0.742. The first kappa shape index (κ1) is 73.8. The molecule has 3 aliphatic carbocycles. The van der Waals surface area contributed by atoms with E-state index in [4.69, 9.17) is 29.9 Å². The maximum absolute atomic E-state index is 5.37. The Hall–Kier alpha value is -17.2. The second kappa shape index (κ2) is 28.6. The summed E-state index contributed by atoms with van der Waals surface area (Å²) < 4.78 is 11.8. The van der Waals surface area contributed by atoms with Crippen LogP contribution in [0.4, 0.5) is 0 Å². The van der Waals surface area contributed by atoms with Crippen LogP contribution in [0, 0.1) is 0 Å². The quantitative estimate of drug-likeness (QED) is 0.158. The summed E-state index contributed by atoms with van der Waals surface area (Å²) in [4.78, 5) is 31.5. The summed E-state index contributed by atoms with van der Waals surface area (Å²) in [5.41, 5.74) is 33.3. The summed E-state index contributed by atoms with van der Waals surface area (Å²) in [5, 5.41) is 20.2. The van der Waals surface area contributed by atoms with Crippen molar-refractivity contribution >= 4 is 183 Å². The lowest BCUT2D eigenvalue weighted by Crippen LogP contribution is -2.04. The molecule has 0 unspecified atom stereocenters. The number of hydrogen-bond donors (Lipinski definition) is 0. The molecule has 133 heavy (non-hydrogen) atoms. The second-order valence-electron chi connectivity index (χ2n) is 34.9. The molecule has 20 aromatic carbocycles. The van der Waals surface area contributed by atoms with Crippen molar-refractivity contribution in [3.05, 3.63) is 419 Å². The van der Waals surface area contributed by atoms with Crippen LogP contribution in [0.1, 0.15) is 0 Å². The van der Waals surface area contributed by atoms with Crippen molar-refractivity contribution in [2.45, 2.75) is 0 Å². The normalized spacial score (nSPS) is 12.2. The molecular formula is C122H69N9S2. The van der Waals surface area contributed by atoms with E-state index in [-0.39, 0.29) is 0 Å². The van der Waals surface area contributed by atoms with Gasteiger partial charge in [-0.1, -0.05) is 340 Å². The molecule has 0 saturated heterocycles. The third-order valence-electron chi connectivity index (χ3n) is 27.8. The van der Waals surface area contributed by atoms with Gasteiger partial charge in [0.05, 0.1) is 70.3 Å². The van der Waals surface area contributed by atoms with E-state index in [1.807, 2.05) is 36.4 Å². The van der Waals surface area contributed by atoms with Crippen LogP contribution in [0.5, 0.6) is 0 Å². The number of aromatic nitrogens is 9. The number of thiophene rings is 2. The van der Waals surface area contributed by atoms with E-state index in [9.17, 15) is 0 Å². The van der Waals surface area contributed by atoms with Gasteiger partial charge in [-0.15, -0.1) is 22.7 Å². The van der Waals surface area contributed by atoms with E-state index >= 15 is 0 Å². The highest BCUT2D eigenvalue weighted by atomic mass is 32.1. The first-order chi connectivity index (χ1) is 66.0. The Morgan fingerprint density at radius 3 is 1.05 bits per heavy atom. The molecule has 3 aliphatic rings. The Labute approximate surface area is 768 Å². The lowest BCUT2D eigenvalue weighted by atomic mass is 9.93. The molecule has 0 atom stereocenters. The van der Waals surface area contributed by atoms with Crippen molar-refractivity contribution in [1.29, 1.82) is 0 Å². The van der Waals surface area contributed by atoms with Gasteiger partial charge in [0.2, 0.25) is 0 Å². The monoisotopic (exact) mass is 1720 g/mol. The zero-order valence-electron chi connectivity index (χ0n) is 71.2. The molecular weight excluding hydrogens is 1660 g/mol. The minimum atomic E-state index is 0.742. The van der Waals surface area contributed by atoms with Crippen LogP contribution in [0.3, 0.4) is 0 Å². The number of benzene rings is 20. The summed E-state index contributed by atoms with van der Waals surface area (Å²) in [7, 11) is 0. The van der Waals surface area contributed by atoms with Crippen molar-refractivity contribution in [3.63, 3.8) is 0 Å². The zero-order valence-corrected chi connectivity index (χ0v) is 72.8. The van der Waals surface area contributed by atoms with Crippen LogP contribution in [0.2, 0.25) is 0 Å². The SMILES string of the molecule is c1ccc(-c2nc(-c3ccc(-n4c5cccc6c5c5c7c(cccc7ccc54)-c4ccccc4-6)cc3)c3sc4ccccc4c3n2)cc1.c1ccc(-c2nc(-n3c4cccc5c4c4c6c(cccc6ccc43)-c3ccccc3-5)c3sc4ccccc4c3n2)cc1.c1ccc2c(c1)-c1cccc3ccc4c(c13)c1c-2cccc1n4-c1nc2ccccc2nc1-c1ccc2ccccc2c1. The van der Waals surface area contributed by atoms with Crippen molar-refractivity contribution in [3.8, 4) is 129 Å². The average molecular weight is 1730 g/mol. The molecule has 0 aliphatic heterocycles. The molecule has 8 heterocycles. The number of para-hydroxylation sites is 2. The Balaban J connectivity index is 0.0000000977. The number of fused-ring (bicyclic) bond motifs is 17. The molecule has 0 bridgehead atoms. The van der Waals surface area contributed by atoms with E-state index in [0.29, 0.717) is 0 Å². The molecule has 0 fully saturated rings. The number of rotatable bonds is 7. The average Bonchev–Trinajstić information content (AvgIpc) is 1.54. The van der Waals surface area contributed by atoms with E-state index in [0.717, 1.165) is 111 Å². The molecule has 11 heteroatoms. The molecule has 0 saturated carbocycles. The van der Waals surface area contributed by atoms with Crippen LogP contribution in [-0.2, 0) is 0 Å². The van der Waals surface area contributed by atoms with E-state index in [1.54, 1.807) is 22.7 Å². The van der Waals surface area contributed by atoms with Gasteiger partial charge >= 0.3 is 0 Å². The molecule has 0 radical (unpaired) electrons. The van der Waals surface area contributed by atoms with Gasteiger partial charge in [-0.2, -0.15) is 0 Å². The number of nitrogens with zero attached hydrogens (tertiary/aromatic N) is 9. The van der Waals surface area contributed by atoms with Gasteiger partial charge in [0.25, 0.3) is 0 Å². The van der Waals surface area contributed by atoms with Gasteiger partial charge in [0.1, 0.15) is 5.69 Å². The maximum Gasteiger partial charge on any atom is 0.165 e. The maximum atomic E-state index is 5.37. The summed E-state index contributed by atoms with van der Waals surface area (Å²) in [5.74, 6) is 3.27. The highest BCUT2D eigenvalue weighted by molar-refractivity contribution is 7.26. The first-order valence-electron chi connectivity index (χ1n) is 45.1. The van der Waals surface area contributed by atoms with E-state index in [2.05, 4.69) is 396 Å². The molecule has 614 valence electrons. The fourth-order valence-corrected chi connectivity index (χ4v) is 24.4. The predicted molar refractivity (Wildman–Crippen MR) is 557 cm³/mol. The molecule has 31 rings (SSSR count). The van der Waals surface area contributed by atoms with Gasteiger partial charge in [-0.25, -0.2) is 29.9 Å². The third-order valence-corrected chi connectivity index (χ3v) is 30.1. The zero-order chi connectivity index (χ0) is 86.8. The summed E-state index contributed by atoms with van der Waals surface area (Å²) >= 11 is 3.54. The third kappa shape index (κ3) is 10.9. The van der Waals surface area contributed by atoms with Gasteiger partial charge in [0, 0.05) is 80.4 Å². The minimum Gasteiger partial charge on any atom is -0.309 e. The van der Waals surface area contributed by atoms with E-state index in [1.165, 1.54) is 179 Å². The van der Waals surface area contributed by atoms with Crippen LogP contribution < -0.4 is 0 Å². The summed E-state index contributed by atoms with van der Waals surface area (Å²) in [6.07, 6.45) is 0. The van der Waals surface area contributed by atoms with Crippen molar-refractivity contribution in [2.24, 2.45) is 0 Å². The van der Waals surface area contributed by atoms with Crippen molar-refractivity contribution in [1.82, 2.24) is 43.6 Å². The van der Waals surface area contributed by atoms with Gasteiger partial charge in [0.15, 0.2) is 23.3 Å². The molecule has 0 amide bonds. The van der Waals surface area contributed by atoms with Crippen LogP contribution >= 0.6 is 22.7 Å². The van der Waals surface area contributed by atoms with Gasteiger partial charge in [-0.05, 0) is 189 Å². The molecule has 28 aromatic rings. The molecule has 0 spiro atoms. The van der Waals surface area contributed by atoms with E-state index < -0.39 is 0 Å². The van der Waals surface area contributed by atoms with Crippen LogP contribution in [-0.4, -0.2) is 43.6 Å². The number of hydrogen-bond acceptors (Lipinski definition) is 8. The molecule has 9 nitrogen and oxygen atoms in total. The largest absolute Gasteiger partial charge is 0.309 e. The van der Waals surface area contributed by atoms with Crippen LogP contribution in [0.15, 0.2) is 419 Å². The Bertz CT molecular complexity index is 9930. The second-order valence-corrected chi connectivity index (χ2v) is 37.0. The van der Waals surface area contributed by atoms with Crippen molar-refractivity contribution < 1.29 is 0 Å². The van der Waals surface area contributed by atoms with Crippen LogP contribution in [0.25, 0.3) is 290 Å². The van der Waals surface area contributed by atoms with Gasteiger partial charge in [-0.3, -0.25) is 9.13 Å². The first-order valence-corrected chi connectivity index (χ1v) is 46.8. The fraction of sp³-hybridized carbons (Fsp3) is 0. The lowest BCUT2D eigenvalue weighted by molar-refractivity contribution is 1.08. The lowest BCUT2D eigenvalue weighted by Gasteiger charge is -2.16. The molecule has 0 N–H and O–H groups in total. The molecule has 8 aromatic heterocycles. The standard InChI is InChI=1S/C44H25N3S.C40H23N3.C38H21N3S/c1-2-10-28(11-3-1)44-45-41(43-42(46-44)34-15-6-7-19-37(34)48-43)27-20-23-29(24-21-27)47-35-18-9-17-33-31-14-5-4-13-30(31)32-16-8-12-26-22-25-36(47)40(38(26)32)39(33)35;1-2-10-26-23-27(20-19-24(26)9-1)39-40(42-33-17-6-5-16-32(33)41-39)43-34-18-8-15-31-29-13-4-3-12-28(29)30-14-7-11-25-21-22-35(43)38(36(25)30)37(31)34;1-2-10-23(11-3-1)37-39-35-28-15-6-7-19-31(28)42-36(35)38(40-37)41-29-18-9-17-27-25-14-5-4-13-24(25)26-16-8-12-22-20-21-30(41)34(32(22)26)33(27)29/h1-25H;1-23H;1-21H.